The number of hydrogen-bond acceptors (Lipinski definition) is 3. The molecule has 3 nitrogen and oxygen atoms in total. The molecule has 0 spiro atoms. The van der Waals surface area contributed by atoms with Gasteiger partial charge in [0.2, 0.25) is 5.88 Å². The smallest absolute Gasteiger partial charge is 0.213 e. The summed E-state index contributed by atoms with van der Waals surface area (Å²) in [5.74, 6) is 0.606. The van der Waals surface area contributed by atoms with E-state index in [9.17, 15) is 5.11 Å². The second-order valence-electron chi connectivity index (χ2n) is 2.79. The lowest BCUT2D eigenvalue weighted by molar-refractivity contribution is 0.173. The Hall–Kier alpha value is -1.09. The van der Waals surface area contributed by atoms with Crippen LogP contribution in [0.2, 0.25) is 0 Å². The lowest BCUT2D eigenvalue weighted by Crippen LogP contribution is -1.98. The number of ether oxygens (including phenoxy) is 1. The van der Waals surface area contributed by atoms with E-state index < -0.39 is 6.10 Å². The lowest BCUT2D eigenvalue weighted by Gasteiger charge is -2.07. The largest absolute Gasteiger partial charge is 0.478 e. The van der Waals surface area contributed by atoms with Gasteiger partial charge in [-0.25, -0.2) is 4.98 Å². The van der Waals surface area contributed by atoms with Crippen LogP contribution in [-0.2, 0) is 0 Å². The van der Waals surface area contributed by atoms with Crippen molar-refractivity contribution in [1.82, 2.24) is 4.98 Å². The van der Waals surface area contributed by atoms with Crippen LogP contribution in [-0.4, -0.2) is 16.7 Å². The van der Waals surface area contributed by atoms with Crippen molar-refractivity contribution in [2.45, 2.75) is 26.4 Å². The molecule has 0 saturated carbocycles. The molecule has 1 aromatic rings. The molecule has 0 aliphatic rings. The van der Waals surface area contributed by atoms with Crippen molar-refractivity contribution in [3.05, 3.63) is 23.9 Å². The summed E-state index contributed by atoms with van der Waals surface area (Å²) in [7, 11) is 0. The van der Waals surface area contributed by atoms with Gasteiger partial charge in [-0.3, -0.25) is 0 Å². The number of rotatable bonds is 4. The summed E-state index contributed by atoms with van der Waals surface area (Å²) in [6.07, 6.45) is 1.94. The molecule has 0 aromatic carbocycles. The van der Waals surface area contributed by atoms with Gasteiger partial charge in [0.15, 0.2) is 0 Å². The van der Waals surface area contributed by atoms with Crippen molar-refractivity contribution >= 4 is 0 Å². The van der Waals surface area contributed by atoms with Crippen LogP contribution in [0.5, 0.6) is 5.88 Å². The van der Waals surface area contributed by atoms with Crippen molar-refractivity contribution in [2.75, 3.05) is 6.61 Å². The molecule has 0 aliphatic heterocycles. The first-order valence-electron chi connectivity index (χ1n) is 4.54. The van der Waals surface area contributed by atoms with E-state index in [4.69, 9.17) is 4.74 Å². The zero-order chi connectivity index (χ0) is 9.68. The molecule has 0 radical (unpaired) electrons. The number of aliphatic hydroxyl groups excluding tert-OH is 1. The number of hydrogen-bond donors (Lipinski definition) is 1. The van der Waals surface area contributed by atoms with Gasteiger partial charge in [0.1, 0.15) is 0 Å². The van der Waals surface area contributed by atoms with E-state index in [1.54, 1.807) is 12.3 Å². The highest BCUT2D eigenvalue weighted by atomic mass is 16.5. The standard InChI is InChI=1S/C10H15NO2/c1-3-9(12)8-5-6-10(11-7-8)13-4-2/h5-7,9,12H,3-4H2,1-2H3/t9-/m0/s1. The third kappa shape index (κ3) is 2.70. The highest BCUT2D eigenvalue weighted by Gasteiger charge is 2.04. The first-order valence-corrected chi connectivity index (χ1v) is 4.54. The average molecular weight is 181 g/mol. The maximum absolute atomic E-state index is 9.47. The predicted molar refractivity (Wildman–Crippen MR) is 50.7 cm³/mol. The summed E-state index contributed by atoms with van der Waals surface area (Å²) in [6.45, 7) is 4.46. The van der Waals surface area contributed by atoms with E-state index in [1.807, 2.05) is 19.9 Å². The molecule has 0 saturated heterocycles. The van der Waals surface area contributed by atoms with Gasteiger partial charge in [-0.15, -0.1) is 0 Å². The highest BCUT2D eigenvalue weighted by Crippen LogP contribution is 2.16. The normalized spacial score (nSPS) is 12.5. The van der Waals surface area contributed by atoms with Crippen LogP contribution in [0, 0.1) is 0 Å². The van der Waals surface area contributed by atoms with Crippen LogP contribution in [0.3, 0.4) is 0 Å². The summed E-state index contributed by atoms with van der Waals surface area (Å²) in [5, 5.41) is 9.47. The summed E-state index contributed by atoms with van der Waals surface area (Å²) in [5.41, 5.74) is 0.839. The molecular weight excluding hydrogens is 166 g/mol. The minimum atomic E-state index is -0.414. The maximum atomic E-state index is 9.47. The van der Waals surface area contributed by atoms with Gasteiger partial charge in [-0.05, 0) is 25.0 Å². The molecule has 1 rings (SSSR count). The molecule has 1 aromatic heterocycles. The van der Waals surface area contributed by atoms with Crippen molar-refractivity contribution in [3.8, 4) is 5.88 Å². The van der Waals surface area contributed by atoms with Crippen LogP contribution in [0.1, 0.15) is 31.9 Å². The monoisotopic (exact) mass is 181 g/mol. The van der Waals surface area contributed by atoms with Crippen molar-refractivity contribution in [2.24, 2.45) is 0 Å². The highest BCUT2D eigenvalue weighted by molar-refractivity contribution is 5.19. The molecule has 3 heteroatoms. The summed E-state index contributed by atoms with van der Waals surface area (Å²) in [4.78, 5) is 4.06. The Morgan fingerprint density at radius 1 is 1.46 bits per heavy atom. The van der Waals surface area contributed by atoms with E-state index >= 15 is 0 Å². The first-order chi connectivity index (χ1) is 6.27. The van der Waals surface area contributed by atoms with E-state index in [1.165, 1.54) is 0 Å². The number of aliphatic hydroxyl groups is 1. The van der Waals surface area contributed by atoms with Gasteiger partial charge in [0.05, 0.1) is 12.7 Å². The van der Waals surface area contributed by atoms with Crippen LogP contribution in [0.25, 0.3) is 0 Å². The molecule has 0 bridgehead atoms. The Labute approximate surface area is 78.4 Å². The average Bonchev–Trinajstić information content (AvgIpc) is 2.18. The molecule has 0 unspecified atom stereocenters. The molecule has 0 fully saturated rings. The molecule has 1 atom stereocenters. The molecule has 0 aliphatic carbocycles. The molecule has 0 amide bonds. The van der Waals surface area contributed by atoms with Crippen LogP contribution >= 0.6 is 0 Å². The van der Waals surface area contributed by atoms with Gasteiger partial charge in [-0.1, -0.05) is 6.92 Å². The molecule has 1 N–H and O–H groups in total. The Bertz CT molecular complexity index is 246. The fourth-order valence-electron chi connectivity index (χ4n) is 1.06. The fraction of sp³-hybridized carbons (Fsp3) is 0.500. The Kier molecular flexibility index (Phi) is 3.71. The van der Waals surface area contributed by atoms with E-state index in [0.29, 0.717) is 18.9 Å². The summed E-state index contributed by atoms with van der Waals surface area (Å²) < 4.78 is 5.18. The van der Waals surface area contributed by atoms with E-state index in [2.05, 4.69) is 4.98 Å². The first kappa shape index (κ1) is 9.99. The fourth-order valence-corrected chi connectivity index (χ4v) is 1.06. The van der Waals surface area contributed by atoms with Crippen LogP contribution in [0.15, 0.2) is 18.3 Å². The number of aromatic nitrogens is 1. The van der Waals surface area contributed by atoms with E-state index in [-0.39, 0.29) is 0 Å². The molecule has 72 valence electrons. The quantitative estimate of drug-likeness (QED) is 0.771. The van der Waals surface area contributed by atoms with Gasteiger partial charge in [-0.2, -0.15) is 0 Å². The predicted octanol–water partition coefficient (Wildman–Crippen LogP) is 1.92. The number of nitrogens with zero attached hydrogens (tertiary/aromatic N) is 1. The SMILES string of the molecule is CCOc1ccc([C@@H](O)CC)cn1. The Morgan fingerprint density at radius 2 is 2.23 bits per heavy atom. The van der Waals surface area contributed by atoms with Crippen molar-refractivity contribution in [3.63, 3.8) is 0 Å². The van der Waals surface area contributed by atoms with Gasteiger partial charge in [0.25, 0.3) is 0 Å². The molecular formula is C10H15NO2. The third-order valence-electron chi connectivity index (χ3n) is 1.82. The zero-order valence-corrected chi connectivity index (χ0v) is 8.03. The zero-order valence-electron chi connectivity index (χ0n) is 8.03. The minimum absolute atomic E-state index is 0.414. The lowest BCUT2D eigenvalue weighted by atomic mass is 10.1. The molecule has 13 heavy (non-hydrogen) atoms. The Balaban J connectivity index is 2.69. The second kappa shape index (κ2) is 4.82. The van der Waals surface area contributed by atoms with Gasteiger partial charge < -0.3 is 9.84 Å². The third-order valence-corrected chi connectivity index (χ3v) is 1.82. The van der Waals surface area contributed by atoms with E-state index in [0.717, 1.165) is 5.56 Å². The van der Waals surface area contributed by atoms with Crippen LogP contribution in [0.4, 0.5) is 0 Å². The van der Waals surface area contributed by atoms with Crippen molar-refractivity contribution < 1.29 is 9.84 Å². The maximum Gasteiger partial charge on any atom is 0.213 e. The second-order valence-corrected chi connectivity index (χ2v) is 2.79. The van der Waals surface area contributed by atoms with Gasteiger partial charge >= 0.3 is 0 Å². The summed E-state index contributed by atoms with van der Waals surface area (Å²) in [6, 6.07) is 3.61. The number of pyridine rings is 1. The Morgan fingerprint density at radius 3 is 2.69 bits per heavy atom. The summed E-state index contributed by atoms with van der Waals surface area (Å²) >= 11 is 0. The van der Waals surface area contributed by atoms with Crippen LogP contribution < -0.4 is 4.74 Å². The topological polar surface area (TPSA) is 42.4 Å². The van der Waals surface area contributed by atoms with Gasteiger partial charge in [0, 0.05) is 12.3 Å². The molecule has 1 heterocycles. The van der Waals surface area contributed by atoms with Crippen molar-refractivity contribution in [1.29, 1.82) is 0 Å². The minimum Gasteiger partial charge on any atom is -0.478 e.